The maximum Gasteiger partial charge on any atom is 0.260 e. The van der Waals surface area contributed by atoms with Crippen LogP contribution >= 0.6 is 0 Å². The van der Waals surface area contributed by atoms with E-state index in [1.54, 1.807) is 0 Å². The van der Waals surface area contributed by atoms with Crippen LogP contribution in [0.25, 0.3) is 0 Å². The van der Waals surface area contributed by atoms with Crippen molar-refractivity contribution in [1.29, 1.82) is 0 Å². The number of ether oxygens (including phenoxy) is 2. The molecule has 6 heteroatoms. The Morgan fingerprint density at radius 3 is 2.92 bits per heavy atom. The number of carbonyl (C=O) groups excluding carboxylic acids is 2. The molecule has 1 unspecified atom stereocenters. The first-order valence-electron chi connectivity index (χ1n) is 9.12. The quantitative estimate of drug-likeness (QED) is 0.857. The van der Waals surface area contributed by atoms with E-state index in [0.717, 1.165) is 50.3 Å². The molecule has 1 N–H and O–H groups in total. The van der Waals surface area contributed by atoms with Crippen LogP contribution in [-0.4, -0.2) is 49.1 Å². The smallest absolute Gasteiger partial charge is 0.260 e. The van der Waals surface area contributed by atoms with Gasteiger partial charge < -0.3 is 19.7 Å². The topological polar surface area (TPSA) is 67.9 Å². The summed E-state index contributed by atoms with van der Waals surface area (Å²) in [4.78, 5) is 26.0. The van der Waals surface area contributed by atoms with Gasteiger partial charge in [0.1, 0.15) is 5.75 Å². The highest BCUT2D eigenvalue weighted by Gasteiger charge is 2.34. The van der Waals surface area contributed by atoms with Gasteiger partial charge in [-0.1, -0.05) is 0 Å². The molecule has 1 atom stereocenters. The molecule has 1 aromatic carbocycles. The average molecular weight is 344 g/mol. The summed E-state index contributed by atoms with van der Waals surface area (Å²) in [6.45, 7) is 2.41. The van der Waals surface area contributed by atoms with Crippen molar-refractivity contribution in [2.75, 3.05) is 31.7 Å². The molecule has 2 fully saturated rings. The third-order valence-electron chi connectivity index (χ3n) is 5.12. The van der Waals surface area contributed by atoms with E-state index >= 15 is 0 Å². The second-order valence-corrected chi connectivity index (χ2v) is 7.16. The maximum atomic E-state index is 12.6. The van der Waals surface area contributed by atoms with Gasteiger partial charge in [-0.25, -0.2) is 0 Å². The second-order valence-electron chi connectivity index (χ2n) is 7.16. The number of benzene rings is 1. The molecule has 134 valence electrons. The van der Waals surface area contributed by atoms with Crippen molar-refractivity contribution in [3.8, 4) is 5.75 Å². The predicted molar refractivity (Wildman–Crippen MR) is 92.5 cm³/mol. The van der Waals surface area contributed by atoms with E-state index in [1.807, 2.05) is 23.1 Å². The summed E-state index contributed by atoms with van der Waals surface area (Å²) in [7, 11) is 0. The van der Waals surface area contributed by atoms with Gasteiger partial charge in [0.25, 0.3) is 5.91 Å². The van der Waals surface area contributed by atoms with Crippen LogP contribution in [0.4, 0.5) is 5.69 Å². The summed E-state index contributed by atoms with van der Waals surface area (Å²) in [5.74, 6) is 1.24. The van der Waals surface area contributed by atoms with Gasteiger partial charge in [0.15, 0.2) is 6.61 Å². The van der Waals surface area contributed by atoms with Crippen LogP contribution in [0.2, 0.25) is 0 Å². The number of amides is 2. The number of carbonyl (C=O) groups is 2. The predicted octanol–water partition coefficient (Wildman–Crippen LogP) is 1.98. The molecule has 0 spiro atoms. The molecule has 3 aliphatic rings. The lowest BCUT2D eigenvalue weighted by Crippen LogP contribution is -2.40. The van der Waals surface area contributed by atoms with E-state index in [0.29, 0.717) is 30.6 Å². The average Bonchev–Trinajstić information content (AvgIpc) is 3.33. The first kappa shape index (κ1) is 16.4. The van der Waals surface area contributed by atoms with E-state index in [1.165, 1.54) is 0 Å². The SMILES string of the molecule is O=C1CCc2cc(OCC(=O)N(CC3CCOC3)C3CC3)ccc2N1. The lowest BCUT2D eigenvalue weighted by atomic mass is 10.0. The second kappa shape index (κ2) is 7.04. The summed E-state index contributed by atoms with van der Waals surface area (Å²) in [5.41, 5.74) is 1.91. The number of hydrogen-bond donors (Lipinski definition) is 1. The first-order chi connectivity index (χ1) is 12.2. The molecule has 1 aromatic rings. The van der Waals surface area contributed by atoms with E-state index in [4.69, 9.17) is 9.47 Å². The number of rotatable bonds is 6. The zero-order valence-corrected chi connectivity index (χ0v) is 14.3. The van der Waals surface area contributed by atoms with Gasteiger partial charge in [0.2, 0.25) is 5.91 Å². The Kier molecular flexibility index (Phi) is 4.61. The Morgan fingerprint density at radius 1 is 1.28 bits per heavy atom. The molecule has 1 saturated heterocycles. The van der Waals surface area contributed by atoms with Gasteiger partial charge in [0.05, 0.1) is 6.61 Å². The van der Waals surface area contributed by atoms with Crippen LogP contribution in [0.1, 0.15) is 31.2 Å². The normalized spacial score (nSPS) is 22.2. The molecule has 25 heavy (non-hydrogen) atoms. The third-order valence-corrected chi connectivity index (χ3v) is 5.12. The minimum atomic E-state index is 0.0484. The Balaban J connectivity index is 1.35. The zero-order valence-electron chi connectivity index (χ0n) is 14.3. The van der Waals surface area contributed by atoms with Crippen molar-refractivity contribution in [2.24, 2.45) is 5.92 Å². The standard InChI is InChI=1S/C19H24N2O4/c22-18-6-1-14-9-16(4-5-17(14)20-18)25-12-19(23)21(15-2-3-15)10-13-7-8-24-11-13/h4-5,9,13,15H,1-3,6-8,10-12H2,(H,20,22). The van der Waals surface area contributed by atoms with Crippen LogP contribution in [0.15, 0.2) is 18.2 Å². The van der Waals surface area contributed by atoms with E-state index in [9.17, 15) is 9.59 Å². The first-order valence-corrected chi connectivity index (χ1v) is 9.12. The molecule has 2 amide bonds. The summed E-state index contributed by atoms with van der Waals surface area (Å²) in [6.07, 6.45) is 4.43. The highest BCUT2D eigenvalue weighted by atomic mass is 16.5. The van der Waals surface area contributed by atoms with Crippen LogP contribution < -0.4 is 10.1 Å². The third kappa shape index (κ3) is 3.95. The Morgan fingerprint density at radius 2 is 2.16 bits per heavy atom. The monoisotopic (exact) mass is 344 g/mol. The molecule has 0 radical (unpaired) electrons. The molecular weight excluding hydrogens is 320 g/mol. The Labute approximate surface area is 147 Å². The Hall–Kier alpha value is -2.08. The minimum Gasteiger partial charge on any atom is -0.484 e. The van der Waals surface area contributed by atoms with Gasteiger partial charge in [-0.15, -0.1) is 0 Å². The van der Waals surface area contributed by atoms with Crippen molar-refractivity contribution >= 4 is 17.5 Å². The molecule has 6 nitrogen and oxygen atoms in total. The number of nitrogens with zero attached hydrogens (tertiary/aromatic N) is 1. The lowest BCUT2D eigenvalue weighted by Gasteiger charge is -2.25. The zero-order chi connectivity index (χ0) is 17.2. The molecule has 2 heterocycles. The van der Waals surface area contributed by atoms with Crippen LogP contribution in [0, 0.1) is 5.92 Å². The fourth-order valence-corrected chi connectivity index (χ4v) is 3.52. The fraction of sp³-hybridized carbons (Fsp3) is 0.579. The summed E-state index contributed by atoms with van der Waals surface area (Å²) in [6, 6.07) is 5.97. The van der Waals surface area contributed by atoms with Crippen molar-refractivity contribution in [3.05, 3.63) is 23.8 Å². The van der Waals surface area contributed by atoms with Gasteiger partial charge in [-0.2, -0.15) is 0 Å². The largest absolute Gasteiger partial charge is 0.484 e. The van der Waals surface area contributed by atoms with Crippen molar-refractivity contribution in [3.63, 3.8) is 0 Å². The highest BCUT2D eigenvalue weighted by molar-refractivity contribution is 5.94. The van der Waals surface area contributed by atoms with Crippen molar-refractivity contribution in [2.45, 2.75) is 38.1 Å². The number of anilines is 1. The summed E-state index contributed by atoms with van der Waals surface area (Å²) < 4.78 is 11.2. The number of nitrogens with one attached hydrogen (secondary N) is 1. The maximum absolute atomic E-state index is 12.6. The molecule has 1 aliphatic carbocycles. The molecule has 0 bridgehead atoms. The summed E-state index contributed by atoms with van der Waals surface area (Å²) in [5, 5.41) is 2.85. The summed E-state index contributed by atoms with van der Waals surface area (Å²) >= 11 is 0. The molecule has 1 saturated carbocycles. The Bertz CT molecular complexity index is 665. The van der Waals surface area contributed by atoms with Gasteiger partial charge >= 0.3 is 0 Å². The number of aryl methyl sites for hydroxylation is 1. The van der Waals surface area contributed by atoms with Crippen LogP contribution in [-0.2, 0) is 20.7 Å². The molecule has 0 aromatic heterocycles. The lowest BCUT2D eigenvalue weighted by molar-refractivity contribution is -0.134. The number of fused-ring (bicyclic) bond motifs is 1. The molecular formula is C19H24N2O4. The van der Waals surface area contributed by atoms with Crippen LogP contribution in [0.5, 0.6) is 5.75 Å². The van der Waals surface area contributed by atoms with E-state index in [2.05, 4.69) is 5.32 Å². The van der Waals surface area contributed by atoms with Gasteiger partial charge in [-0.3, -0.25) is 9.59 Å². The van der Waals surface area contributed by atoms with E-state index < -0.39 is 0 Å². The fourth-order valence-electron chi connectivity index (χ4n) is 3.52. The molecule has 2 aliphatic heterocycles. The number of hydrogen-bond acceptors (Lipinski definition) is 4. The minimum absolute atomic E-state index is 0.0484. The van der Waals surface area contributed by atoms with Gasteiger partial charge in [0, 0.05) is 37.2 Å². The van der Waals surface area contributed by atoms with Crippen LogP contribution in [0.3, 0.4) is 0 Å². The highest BCUT2D eigenvalue weighted by Crippen LogP contribution is 2.30. The molecule has 4 rings (SSSR count). The van der Waals surface area contributed by atoms with Gasteiger partial charge in [-0.05, 0) is 49.4 Å². The van der Waals surface area contributed by atoms with E-state index in [-0.39, 0.29) is 18.4 Å². The van der Waals surface area contributed by atoms with Crippen molar-refractivity contribution in [1.82, 2.24) is 4.90 Å². The van der Waals surface area contributed by atoms with Crippen molar-refractivity contribution < 1.29 is 19.1 Å².